The number of aryl methyl sites for hydroxylation is 1. The van der Waals surface area contributed by atoms with E-state index in [0.29, 0.717) is 5.69 Å². The van der Waals surface area contributed by atoms with Crippen LogP contribution in [-0.4, -0.2) is 32.5 Å². The average molecular weight is 392 g/mol. The SMILES string of the molecule is Cc1cccc(NC(=O)NCCNS(=O)(=O)c2cccc([N+](=O)[O-])c2)c1C. The van der Waals surface area contributed by atoms with Gasteiger partial charge in [0.2, 0.25) is 10.0 Å². The number of carbonyl (C=O) groups is 1. The van der Waals surface area contributed by atoms with Crippen molar-refractivity contribution in [2.24, 2.45) is 0 Å². The molecule has 0 bridgehead atoms. The maximum Gasteiger partial charge on any atom is 0.319 e. The Hall–Kier alpha value is -2.98. The number of hydrogen-bond donors (Lipinski definition) is 3. The van der Waals surface area contributed by atoms with Crippen molar-refractivity contribution >= 4 is 27.4 Å². The Kier molecular flexibility index (Phi) is 6.48. The molecule has 0 atom stereocenters. The lowest BCUT2D eigenvalue weighted by Gasteiger charge is -2.12. The highest BCUT2D eigenvalue weighted by atomic mass is 32.2. The van der Waals surface area contributed by atoms with Crippen molar-refractivity contribution in [3.8, 4) is 0 Å². The molecule has 0 saturated heterocycles. The Balaban J connectivity index is 1.87. The average Bonchev–Trinajstić information content (AvgIpc) is 2.63. The number of carbonyl (C=O) groups excluding carboxylic acids is 1. The Morgan fingerprint density at radius 2 is 1.81 bits per heavy atom. The summed E-state index contributed by atoms with van der Waals surface area (Å²) in [6.07, 6.45) is 0. The first-order chi connectivity index (χ1) is 12.7. The number of sulfonamides is 1. The molecule has 144 valence electrons. The highest BCUT2D eigenvalue weighted by Gasteiger charge is 2.17. The van der Waals surface area contributed by atoms with Crippen LogP contribution in [0.1, 0.15) is 11.1 Å². The Labute approximate surface area is 157 Å². The fourth-order valence-electron chi connectivity index (χ4n) is 2.26. The monoisotopic (exact) mass is 392 g/mol. The van der Waals surface area contributed by atoms with Crippen LogP contribution in [0.5, 0.6) is 0 Å². The Morgan fingerprint density at radius 1 is 1.11 bits per heavy atom. The molecule has 10 heteroatoms. The zero-order valence-corrected chi connectivity index (χ0v) is 15.7. The normalized spacial score (nSPS) is 11.0. The molecule has 0 aliphatic carbocycles. The number of nitrogens with one attached hydrogen (secondary N) is 3. The van der Waals surface area contributed by atoms with Gasteiger partial charge in [0.05, 0.1) is 9.82 Å². The Bertz CT molecular complexity index is 960. The van der Waals surface area contributed by atoms with Crippen LogP contribution in [0.4, 0.5) is 16.2 Å². The van der Waals surface area contributed by atoms with Gasteiger partial charge in [-0.3, -0.25) is 10.1 Å². The molecular weight excluding hydrogens is 372 g/mol. The second-order valence-electron chi connectivity index (χ2n) is 5.78. The van der Waals surface area contributed by atoms with Crippen LogP contribution in [0.3, 0.4) is 0 Å². The topological polar surface area (TPSA) is 130 Å². The number of nitrogens with zero attached hydrogens (tertiary/aromatic N) is 1. The molecule has 0 aliphatic heterocycles. The van der Waals surface area contributed by atoms with Gasteiger partial charge in [-0.1, -0.05) is 18.2 Å². The maximum absolute atomic E-state index is 12.2. The number of amides is 2. The number of nitro groups is 1. The molecule has 0 saturated carbocycles. The van der Waals surface area contributed by atoms with E-state index in [1.165, 1.54) is 18.2 Å². The fraction of sp³-hybridized carbons (Fsp3) is 0.235. The van der Waals surface area contributed by atoms with Crippen molar-refractivity contribution in [3.63, 3.8) is 0 Å². The van der Waals surface area contributed by atoms with Crippen LogP contribution in [0, 0.1) is 24.0 Å². The number of non-ortho nitro benzene ring substituents is 1. The van der Waals surface area contributed by atoms with E-state index in [1.807, 2.05) is 26.0 Å². The summed E-state index contributed by atoms with van der Waals surface area (Å²) >= 11 is 0. The lowest BCUT2D eigenvalue weighted by Crippen LogP contribution is -2.36. The van der Waals surface area contributed by atoms with E-state index in [4.69, 9.17) is 0 Å². The molecular formula is C17H20N4O5S. The van der Waals surface area contributed by atoms with E-state index in [9.17, 15) is 23.3 Å². The second-order valence-corrected chi connectivity index (χ2v) is 7.55. The molecule has 0 radical (unpaired) electrons. The van der Waals surface area contributed by atoms with Gasteiger partial charge < -0.3 is 10.6 Å². The second kappa shape index (κ2) is 8.60. The largest absolute Gasteiger partial charge is 0.337 e. The van der Waals surface area contributed by atoms with Crippen molar-refractivity contribution in [2.45, 2.75) is 18.7 Å². The van der Waals surface area contributed by atoms with Gasteiger partial charge in [0, 0.05) is 30.9 Å². The van der Waals surface area contributed by atoms with Crippen molar-refractivity contribution in [3.05, 3.63) is 63.7 Å². The number of urea groups is 1. The van der Waals surface area contributed by atoms with Crippen molar-refractivity contribution in [1.82, 2.24) is 10.0 Å². The molecule has 0 unspecified atom stereocenters. The number of hydrogen-bond acceptors (Lipinski definition) is 5. The molecule has 0 aliphatic rings. The third-order valence-corrected chi connectivity index (χ3v) is 5.35. The quantitative estimate of drug-likeness (QED) is 0.378. The summed E-state index contributed by atoms with van der Waals surface area (Å²) in [4.78, 5) is 21.8. The highest BCUT2D eigenvalue weighted by molar-refractivity contribution is 7.89. The molecule has 2 aromatic carbocycles. The third kappa shape index (κ3) is 5.50. The van der Waals surface area contributed by atoms with E-state index in [-0.39, 0.29) is 23.7 Å². The molecule has 2 amide bonds. The summed E-state index contributed by atoms with van der Waals surface area (Å²) in [5.41, 5.74) is 2.34. The molecule has 9 nitrogen and oxygen atoms in total. The van der Waals surface area contributed by atoms with Gasteiger partial charge in [0.1, 0.15) is 0 Å². The lowest BCUT2D eigenvalue weighted by atomic mass is 10.1. The van der Waals surface area contributed by atoms with E-state index in [2.05, 4.69) is 15.4 Å². The third-order valence-electron chi connectivity index (χ3n) is 3.89. The standard InChI is InChI=1S/C17H20N4O5S/c1-12-5-3-8-16(13(12)2)20-17(22)18-9-10-19-27(25,26)15-7-4-6-14(11-15)21(23)24/h3-8,11,19H,9-10H2,1-2H3,(H2,18,20,22). The summed E-state index contributed by atoms with van der Waals surface area (Å²) in [6.45, 7) is 3.80. The smallest absolute Gasteiger partial charge is 0.319 e. The molecule has 0 spiro atoms. The van der Waals surface area contributed by atoms with Crippen LogP contribution < -0.4 is 15.4 Å². The van der Waals surface area contributed by atoms with E-state index in [0.717, 1.165) is 17.2 Å². The summed E-state index contributed by atoms with van der Waals surface area (Å²) in [7, 11) is -3.91. The minimum atomic E-state index is -3.91. The molecule has 3 N–H and O–H groups in total. The molecule has 27 heavy (non-hydrogen) atoms. The van der Waals surface area contributed by atoms with Crippen molar-refractivity contribution < 1.29 is 18.1 Å². The van der Waals surface area contributed by atoms with Gasteiger partial charge in [-0.2, -0.15) is 0 Å². The van der Waals surface area contributed by atoms with E-state index < -0.39 is 21.0 Å². The van der Waals surface area contributed by atoms with Gasteiger partial charge in [-0.25, -0.2) is 17.9 Å². The van der Waals surface area contributed by atoms with E-state index >= 15 is 0 Å². The summed E-state index contributed by atoms with van der Waals surface area (Å²) < 4.78 is 26.6. The van der Waals surface area contributed by atoms with Gasteiger partial charge in [-0.15, -0.1) is 0 Å². The molecule has 0 fully saturated rings. The molecule has 0 heterocycles. The number of rotatable bonds is 7. The van der Waals surface area contributed by atoms with Crippen molar-refractivity contribution in [2.75, 3.05) is 18.4 Å². The molecule has 0 aromatic heterocycles. The van der Waals surface area contributed by atoms with Crippen LogP contribution in [0.25, 0.3) is 0 Å². The highest BCUT2D eigenvalue weighted by Crippen LogP contribution is 2.18. The number of benzene rings is 2. The maximum atomic E-state index is 12.2. The number of anilines is 1. The first-order valence-corrected chi connectivity index (χ1v) is 9.54. The predicted molar refractivity (Wildman–Crippen MR) is 101 cm³/mol. The first kappa shape index (κ1) is 20.3. The minimum absolute atomic E-state index is 0.0465. The van der Waals surface area contributed by atoms with Crippen LogP contribution in [0.2, 0.25) is 0 Å². The fourth-order valence-corrected chi connectivity index (χ4v) is 3.33. The minimum Gasteiger partial charge on any atom is -0.337 e. The number of nitro benzene ring substituents is 1. The summed E-state index contributed by atoms with van der Waals surface area (Å²) in [5, 5.41) is 16.0. The van der Waals surface area contributed by atoms with Gasteiger partial charge in [0.25, 0.3) is 5.69 Å². The Morgan fingerprint density at radius 3 is 2.52 bits per heavy atom. The van der Waals surface area contributed by atoms with Gasteiger partial charge in [0.15, 0.2) is 0 Å². The van der Waals surface area contributed by atoms with Crippen LogP contribution in [0.15, 0.2) is 47.4 Å². The van der Waals surface area contributed by atoms with Gasteiger partial charge in [-0.05, 0) is 37.1 Å². The van der Waals surface area contributed by atoms with Crippen LogP contribution >= 0.6 is 0 Å². The molecule has 2 aromatic rings. The predicted octanol–water partition coefficient (Wildman–Crippen LogP) is 2.31. The summed E-state index contributed by atoms with van der Waals surface area (Å²) in [6, 6.07) is 9.80. The first-order valence-electron chi connectivity index (χ1n) is 8.06. The van der Waals surface area contributed by atoms with Crippen molar-refractivity contribution in [1.29, 1.82) is 0 Å². The lowest BCUT2D eigenvalue weighted by molar-refractivity contribution is -0.385. The van der Waals surface area contributed by atoms with E-state index in [1.54, 1.807) is 6.07 Å². The molecule has 2 rings (SSSR count). The van der Waals surface area contributed by atoms with Crippen LogP contribution in [-0.2, 0) is 10.0 Å². The summed E-state index contributed by atoms with van der Waals surface area (Å²) in [5.74, 6) is 0. The zero-order chi connectivity index (χ0) is 20.0. The van der Waals surface area contributed by atoms with Gasteiger partial charge >= 0.3 is 6.03 Å². The zero-order valence-electron chi connectivity index (χ0n) is 14.9.